The summed E-state index contributed by atoms with van der Waals surface area (Å²) in [5, 5.41) is 3.34. The number of methoxy groups -OCH3 is 1. The van der Waals surface area contributed by atoms with Gasteiger partial charge < -0.3 is 19.5 Å². The molecule has 0 aromatic heterocycles. The second kappa shape index (κ2) is 7.85. The van der Waals surface area contributed by atoms with Crippen LogP contribution in [0.5, 0.6) is 5.75 Å². The van der Waals surface area contributed by atoms with E-state index in [1.807, 2.05) is 12.1 Å². The molecule has 0 radical (unpaired) electrons. The Morgan fingerprint density at radius 3 is 3.11 bits per heavy atom. The molecule has 1 aromatic carbocycles. The predicted octanol–water partition coefficient (Wildman–Crippen LogP) is 2.35. The molecular weight excluding hydrogens is 310 g/mol. The van der Waals surface area contributed by atoms with Crippen LogP contribution in [0.3, 0.4) is 0 Å². The van der Waals surface area contributed by atoms with Gasteiger partial charge >= 0.3 is 0 Å². The zero-order valence-electron chi connectivity index (χ0n) is 11.2. The molecule has 1 saturated heterocycles. The van der Waals surface area contributed by atoms with Crippen LogP contribution in [0.2, 0.25) is 0 Å². The van der Waals surface area contributed by atoms with Crippen molar-refractivity contribution in [2.45, 2.75) is 19.1 Å². The van der Waals surface area contributed by atoms with Crippen LogP contribution in [0, 0.1) is 0 Å². The molecule has 0 amide bonds. The Kier molecular flexibility index (Phi) is 6.10. The Morgan fingerprint density at radius 2 is 2.37 bits per heavy atom. The fourth-order valence-electron chi connectivity index (χ4n) is 1.99. The lowest BCUT2D eigenvalue weighted by Gasteiger charge is -2.17. The number of hydrogen-bond acceptors (Lipinski definition) is 4. The molecule has 1 aliphatic rings. The summed E-state index contributed by atoms with van der Waals surface area (Å²) in [7, 11) is 1.70. The number of benzene rings is 1. The van der Waals surface area contributed by atoms with Gasteiger partial charge in [-0.3, -0.25) is 0 Å². The fourth-order valence-corrected chi connectivity index (χ4v) is 2.50. The first-order valence-corrected chi connectivity index (χ1v) is 7.32. The van der Waals surface area contributed by atoms with Crippen LogP contribution in [0.4, 0.5) is 0 Å². The van der Waals surface area contributed by atoms with Crippen molar-refractivity contribution in [1.82, 2.24) is 5.32 Å². The van der Waals surface area contributed by atoms with Crippen molar-refractivity contribution in [1.29, 1.82) is 0 Å². The minimum Gasteiger partial charge on any atom is -0.486 e. The summed E-state index contributed by atoms with van der Waals surface area (Å²) in [6.45, 7) is 3.77. The lowest BCUT2D eigenvalue weighted by molar-refractivity contribution is 0.140. The molecule has 1 atom stereocenters. The van der Waals surface area contributed by atoms with Gasteiger partial charge in [-0.25, -0.2) is 0 Å². The molecule has 0 aliphatic carbocycles. The number of nitrogens with one attached hydrogen (secondary N) is 1. The van der Waals surface area contributed by atoms with Crippen molar-refractivity contribution in [3.8, 4) is 5.75 Å². The van der Waals surface area contributed by atoms with Gasteiger partial charge in [-0.05, 0) is 22.0 Å². The number of hydrogen-bond donors (Lipinski definition) is 1. The highest BCUT2D eigenvalue weighted by molar-refractivity contribution is 9.10. The van der Waals surface area contributed by atoms with E-state index >= 15 is 0 Å². The number of para-hydroxylation sites is 1. The van der Waals surface area contributed by atoms with E-state index in [4.69, 9.17) is 14.2 Å². The number of ether oxygens (including phenoxy) is 3. The summed E-state index contributed by atoms with van der Waals surface area (Å²) in [5.74, 6) is 0.919. The van der Waals surface area contributed by atoms with E-state index in [-0.39, 0.29) is 6.10 Å². The molecule has 19 heavy (non-hydrogen) atoms. The van der Waals surface area contributed by atoms with Gasteiger partial charge in [-0.2, -0.15) is 0 Å². The van der Waals surface area contributed by atoms with Crippen molar-refractivity contribution < 1.29 is 14.2 Å². The smallest absolute Gasteiger partial charge is 0.138 e. The van der Waals surface area contributed by atoms with Crippen molar-refractivity contribution >= 4 is 15.9 Å². The summed E-state index contributed by atoms with van der Waals surface area (Å²) in [6.07, 6.45) is 1.12. The van der Waals surface area contributed by atoms with Crippen LogP contribution in [0.25, 0.3) is 0 Å². The first kappa shape index (κ1) is 14.8. The van der Waals surface area contributed by atoms with Gasteiger partial charge in [0.1, 0.15) is 11.9 Å². The highest BCUT2D eigenvalue weighted by Crippen LogP contribution is 2.31. The first-order valence-electron chi connectivity index (χ1n) is 6.52. The molecule has 1 heterocycles. The van der Waals surface area contributed by atoms with Gasteiger partial charge in [-0.1, -0.05) is 12.1 Å². The first-order chi connectivity index (χ1) is 9.31. The molecule has 0 bridgehead atoms. The second-order valence-electron chi connectivity index (χ2n) is 4.50. The minimum atomic E-state index is 0.163. The Labute approximate surface area is 122 Å². The van der Waals surface area contributed by atoms with Gasteiger partial charge in [-0.15, -0.1) is 0 Å². The van der Waals surface area contributed by atoms with Crippen molar-refractivity contribution in [2.24, 2.45) is 0 Å². The molecule has 106 valence electrons. The topological polar surface area (TPSA) is 39.7 Å². The monoisotopic (exact) mass is 329 g/mol. The maximum Gasteiger partial charge on any atom is 0.138 e. The Morgan fingerprint density at radius 1 is 1.47 bits per heavy atom. The maximum absolute atomic E-state index is 6.05. The van der Waals surface area contributed by atoms with Crippen LogP contribution >= 0.6 is 15.9 Å². The van der Waals surface area contributed by atoms with E-state index in [2.05, 4.69) is 27.3 Å². The Bertz CT molecular complexity index is 394. The van der Waals surface area contributed by atoms with Crippen LogP contribution < -0.4 is 10.1 Å². The van der Waals surface area contributed by atoms with Gasteiger partial charge in [0.05, 0.1) is 24.3 Å². The number of rotatable bonds is 7. The highest BCUT2D eigenvalue weighted by atomic mass is 79.9. The average Bonchev–Trinajstić information content (AvgIpc) is 2.91. The lowest BCUT2D eigenvalue weighted by atomic mass is 10.2. The molecular formula is C14H20BrNO3. The molecule has 1 N–H and O–H groups in total. The van der Waals surface area contributed by atoms with Crippen LogP contribution in [-0.2, 0) is 16.0 Å². The Hall–Kier alpha value is -0.620. The van der Waals surface area contributed by atoms with E-state index in [0.717, 1.165) is 41.9 Å². The minimum absolute atomic E-state index is 0.163. The molecule has 1 fully saturated rings. The molecule has 5 heteroatoms. The predicted molar refractivity (Wildman–Crippen MR) is 77.6 cm³/mol. The summed E-state index contributed by atoms with van der Waals surface area (Å²) in [4.78, 5) is 0. The third-order valence-corrected chi connectivity index (χ3v) is 3.64. The molecule has 1 aliphatic heterocycles. The van der Waals surface area contributed by atoms with Crippen molar-refractivity contribution in [2.75, 3.05) is 33.5 Å². The van der Waals surface area contributed by atoms with E-state index in [9.17, 15) is 0 Å². The van der Waals surface area contributed by atoms with E-state index in [1.54, 1.807) is 7.11 Å². The molecule has 1 aromatic rings. The SMILES string of the molecule is COCCNCc1cccc(Br)c1OC1CCOC1. The van der Waals surface area contributed by atoms with E-state index in [0.29, 0.717) is 13.2 Å². The quantitative estimate of drug-likeness (QED) is 0.779. The molecule has 4 nitrogen and oxygen atoms in total. The largest absolute Gasteiger partial charge is 0.486 e. The third kappa shape index (κ3) is 4.45. The normalized spacial score (nSPS) is 18.7. The summed E-state index contributed by atoms with van der Waals surface area (Å²) >= 11 is 3.56. The van der Waals surface area contributed by atoms with Gasteiger partial charge in [0.15, 0.2) is 0 Å². The molecule has 2 rings (SSSR count). The van der Waals surface area contributed by atoms with Crippen LogP contribution in [-0.4, -0.2) is 39.6 Å². The maximum atomic E-state index is 6.05. The summed E-state index contributed by atoms with van der Waals surface area (Å²) < 4.78 is 17.4. The second-order valence-corrected chi connectivity index (χ2v) is 5.36. The zero-order valence-corrected chi connectivity index (χ0v) is 12.7. The fraction of sp³-hybridized carbons (Fsp3) is 0.571. The summed E-state index contributed by atoms with van der Waals surface area (Å²) in [6, 6.07) is 6.11. The van der Waals surface area contributed by atoms with Gasteiger partial charge in [0.2, 0.25) is 0 Å². The van der Waals surface area contributed by atoms with Crippen molar-refractivity contribution in [3.05, 3.63) is 28.2 Å². The van der Waals surface area contributed by atoms with Gasteiger partial charge in [0.25, 0.3) is 0 Å². The zero-order chi connectivity index (χ0) is 13.5. The average molecular weight is 330 g/mol. The van der Waals surface area contributed by atoms with E-state index < -0.39 is 0 Å². The molecule has 0 spiro atoms. The standard InChI is InChI=1S/C14H20BrNO3/c1-17-8-6-16-9-11-3-2-4-13(15)14(11)19-12-5-7-18-10-12/h2-4,12,16H,5-10H2,1H3. The van der Waals surface area contributed by atoms with Crippen LogP contribution in [0.15, 0.2) is 22.7 Å². The third-order valence-electron chi connectivity index (χ3n) is 3.02. The lowest BCUT2D eigenvalue weighted by Crippen LogP contribution is -2.21. The van der Waals surface area contributed by atoms with Crippen molar-refractivity contribution in [3.63, 3.8) is 0 Å². The van der Waals surface area contributed by atoms with Crippen LogP contribution in [0.1, 0.15) is 12.0 Å². The van der Waals surface area contributed by atoms with Gasteiger partial charge in [0, 0.05) is 32.2 Å². The summed E-state index contributed by atoms with van der Waals surface area (Å²) in [5.41, 5.74) is 1.15. The highest BCUT2D eigenvalue weighted by Gasteiger charge is 2.19. The Balaban J connectivity index is 1.98. The van der Waals surface area contributed by atoms with E-state index in [1.165, 1.54) is 0 Å². The molecule has 1 unspecified atom stereocenters. The molecule has 0 saturated carbocycles. The number of halogens is 1.